The molecule has 3 nitrogen and oxygen atoms in total. The van der Waals surface area contributed by atoms with Crippen LogP contribution in [0.4, 0.5) is 0 Å². The van der Waals surface area contributed by atoms with Gasteiger partial charge in [-0.25, -0.2) is 0 Å². The molecule has 0 bridgehead atoms. The third-order valence-electron chi connectivity index (χ3n) is 2.01. The molecule has 1 rings (SSSR count). The highest BCUT2D eigenvalue weighted by atomic mass is 35.5. The van der Waals surface area contributed by atoms with E-state index in [2.05, 4.69) is 0 Å². The van der Waals surface area contributed by atoms with Gasteiger partial charge in [0.1, 0.15) is 0 Å². The molecule has 4 heteroatoms. The summed E-state index contributed by atoms with van der Waals surface area (Å²) in [5, 5.41) is 9.18. The van der Waals surface area contributed by atoms with E-state index < -0.39 is 11.5 Å². The summed E-state index contributed by atoms with van der Waals surface area (Å²) in [4.78, 5) is 10.6. The number of benzene rings is 1. The molecule has 1 aromatic rings. The number of hydrogen-bond donors (Lipinski definition) is 2. The molecule has 0 amide bonds. The molecule has 1 aromatic carbocycles. The Morgan fingerprint density at radius 3 is 2.64 bits per heavy atom. The van der Waals surface area contributed by atoms with Gasteiger partial charge in [-0.15, -0.1) is 0 Å². The summed E-state index contributed by atoms with van der Waals surface area (Å²) in [6.07, 6.45) is -0.142. The van der Waals surface area contributed by atoms with Crippen molar-refractivity contribution in [2.75, 3.05) is 0 Å². The topological polar surface area (TPSA) is 63.3 Å². The van der Waals surface area contributed by atoms with Gasteiger partial charge < -0.3 is 10.8 Å². The van der Waals surface area contributed by atoms with Crippen molar-refractivity contribution in [2.24, 2.45) is 5.73 Å². The Balaban J connectivity index is 3.03. The normalized spacial score (nSPS) is 14.8. The van der Waals surface area contributed by atoms with Gasteiger partial charge >= 0.3 is 5.97 Å². The minimum absolute atomic E-state index is 0.142. The van der Waals surface area contributed by atoms with Gasteiger partial charge in [-0.1, -0.05) is 29.8 Å². The fourth-order valence-electron chi connectivity index (χ4n) is 1.33. The molecule has 0 fully saturated rings. The molecule has 1 unspecified atom stereocenters. The number of nitrogens with two attached hydrogens (primary N) is 1. The van der Waals surface area contributed by atoms with Crippen LogP contribution >= 0.6 is 11.6 Å². The molecule has 0 saturated heterocycles. The molecule has 0 saturated carbocycles. The average Bonchev–Trinajstić information content (AvgIpc) is 2.02. The van der Waals surface area contributed by atoms with E-state index in [0.717, 1.165) is 0 Å². The van der Waals surface area contributed by atoms with Crippen LogP contribution in [-0.4, -0.2) is 11.1 Å². The van der Waals surface area contributed by atoms with Crippen LogP contribution in [0.15, 0.2) is 24.3 Å². The predicted octanol–water partition coefficient (Wildman–Crippen LogP) is 1.99. The van der Waals surface area contributed by atoms with Crippen LogP contribution in [0.1, 0.15) is 18.9 Å². The molecule has 0 aliphatic carbocycles. The Labute approximate surface area is 87.5 Å². The number of carboxylic acids is 1. The van der Waals surface area contributed by atoms with Crippen molar-refractivity contribution in [3.05, 3.63) is 34.9 Å². The molecule has 1 atom stereocenters. The molecule has 76 valence electrons. The van der Waals surface area contributed by atoms with Gasteiger partial charge in [-0.2, -0.15) is 0 Å². The molecule has 0 aliphatic rings. The van der Waals surface area contributed by atoms with Crippen molar-refractivity contribution in [2.45, 2.75) is 18.9 Å². The third-order valence-corrected chi connectivity index (χ3v) is 2.34. The Morgan fingerprint density at radius 2 is 2.14 bits per heavy atom. The molecular formula is C10H12ClNO2. The summed E-state index contributed by atoms with van der Waals surface area (Å²) in [5.74, 6) is -0.935. The maximum absolute atomic E-state index is 10.6. The Bertz CT molecular complexity index is 350. The van der Waals surface area contributed by atoms with E-state index in [4.69, 9.17) is 22.4 Å². The summed E-state index contributed by atoms with van der Waals surface area (Å²) < 4.78 is 0. The van der Waals surface area contributed by atoms with Gasteiger partial charge in [0.15, 0.2) is 0 Å². The van der Waals surface area contributed by atoms with Crippen LogP contribution in [0.2, 0.25) is 5.02 Å². The van der Waals surface area contributed by atoms with Gasteiger partial charge in [-0.3, -0.25) is 4.79 Å². The number of halogens is 1. The van der Waals surface area contributed by atoms with E-state index in [9.17, 15) is 4.79 Å². The third kappa shape index (κ3) is 2.47. The Hall–Kier alpha value is -1.06. The summed E-state index contributed by atoms with van der Waals surface area (Å²) in [6, 6.07) is 7.01. The lowest BCUT2D eigenvalue weighted by atomic mass is 9.90. The van der Waals surface area contributed by atoms with Crippen LogP contribution < -0.4 is 5.73 Å². The first-order valence-electron chi connectivity index (χ1n) is 4.19. The van der Waals surface area contributed by atoms with Crippen molar-refractivity contribution in [1.29, 1.82) is 0 Å². The first kappa shape index (κ1) is 11.0. The zero-order chi connectivity index (χ0) is 10.8. The van der Waals surface area contributed by atoms with E-state index in [1.54, 1.807) is 31.2 Å². The second-order valence-electron chi connectivity index (χ2n) is 3.47. The minimum Gasteiger partial charge on any atom is -0.481 e. The molecule has 0 radical (unpaired) electrons. The van der Waals surface area contributed by atoms with Gasteiger partial charge in [0.2, 0.25) is 0 Å². The molecule has 14 heavy (non-hydrogen) atoms. The highest BCUT2D eigenvalue weighted by Gasteiger charge is 2.26. The monoisotopic (exact) mass is 213 g/mol. The standard InChI is InChI=1S/C10H12ClNO2/c1-10(12,6-9(13)14)7-4-2-3-5-8(7)11/h2-5H,6,12H2,1H3,(H,13,14). The quantitative estimate of drug-likeness (QED) is 0.807. The van der Waals surface area contributed by atoms with Crippen LogP contribution in [-0.2, 0) is 10.3 Å². The Morgan fingerprint density at radius 1 is 1.57 bits per heavy atom. The summed E-state index contributed by atoms with van der Waals surface area (Å²) in [7, 11) is 0. The minimum atomic E-state index is -0.935. The number of aliphatic carboxylic acids is 1. The summed E-state index contributed by atoms with van der Waals surface area (Å²) in [6.45, 7) is 1.66. The van der Waals surface area contributed by atoms with Crippen molar-refractivity contribution >= 4 is 17.6 Å². The largest absolute Gasteiger partial charge is 0.481 e. The van der Waals surface area contributed by atoms with E-state index in [-0.39, 0.29) is 6.42 Å². The average molecular weight is 214 g/mol. The van der Waals surface area contributed by atoms with Crippen LogP contribution in [0.3, 0.4) is 0 Å². The molecule has 0 aliphatic heterocycles. The van der Waals surface area contributed by atoms with Crippen LogP contribution in [0, 0.1) is 0 Å². The van der Waals surface area contributed by atoms with Crippen molar-refractivity contribution < 1.29 is 9.90 Å². The SMILES string of the molecule is CC(N)(CC(=O)O)c1ccccc1Cl. The Kier molecular flexibility index (Phi) is 3.13. The van der Waals surface area contributed by atoms with Crippen LogP contribution in [0.25, 0.3) is 0 Å². The van der Waals surface area contributed by atoms with E-state index >= 15 is 0 Å². The van der Waals surface area contributed by atoms with E-state index in [0.29, 0.717) is 10.6 Å². The van der Waals surface area contributed by atoms with Crippen LogP contribution in [0.5, 0.6) is 0 Å². The fourth-order valence-corrected chi connectivity index (χ4v) is 1.69. The lowest BCUT2D eigenvalue weighted by molar-refractivity contribution is -0.138. The zero-order valence-electron chi connectivity index (χ0n) is 7.83. The lowest BCUT2D eigenvalue weighted by Crippen LogP contribution is -2.35. The maximum Gasteiger partial charge on any atom is 0.305 e. The summed E-state index contributed by atoms with van der Waals surface area (Å²) >= 11 is 5.92. The number of carbonyl (C=O) groups is 1. The first-order chi connectivity index (χ1) is 6.43. The van der Waals surface area contributed by atoms with E-state index in [1.807, 2.05) is 0 Å². The molecule has 3 N–H and O–H groups in total. The molecule has 0 aromatic heterocycles. The second-order valence-corrected chi connectivity index (χ2v) is 3.88. The van der Waals surface area contributed by atoms with Crippen molar-refractivity contribution in [1.82, 2.24) is 0 Å². The maximum atomic E-state index is 10.6. The fraction of sp³-hybridized carbons (Fsp3) is 0.300. The van der Waals surface area contributed by atoms with E-state index in [1.165, 1.54) is 0 Å². The lowest BCUT2D eigenvalue weighted by Gasteiger charge is -2.24. The molecule has 0 heterocycles. The number of rotatable bonds is 3. The predicted molar refractivity (Wildman–Crippen MR) is 55.2 cm³/mol. The zero-order valence-corrected chi connectivity index (χ0v) is 8.58. The number of hydrogen-bond acceptors (Lipinski definition) is 2. The molecular weight excluding hydrogens is 202 g/mol. The van der Waals surface area contributed by atoms with Gasteiger partial charge in [0.25, 0.3) is 0 Å². The van der Waals surface area contributed by atoms with Gasteiger partial charge in [0.05, 0.1) is 12.0 Å². The highest BCUT2D eigenvalue weighted by Crippen LogP contribution is 2.28. The van der Waals surface area contributed by atoms with Gasteiger partial charge in [0, 0.05) is 5.02 Å². The van der Waals surface area contributed by atoms with Crippen molar-refractivity contribution in [3.63, 3.8) is 0 Å². The van der Waals surface area contributed by atoms with Crippen molar-refractivity contribution in [3.8, 4) is 0 Å². The summed E-state index contributed by atoms with van der Waals surface area (Å²) in [5.41, 5.74) is 5.60. The highest BCUT2D eigenvalue weighted by molar-refractivity contribution is 6.31. The smallest absolute Gasteiger partial charge is 0.305 e. The van der Waals surface area contributed by atoms with Gasteiger partial charge in [-0.05, 0) is 18.6 Å². The second kappa shape index (κ2) is 3.98. The molecule has 0 spiro atoms. The number of carboxylic acid groups (broad SMARTS) is 1. The first-order valence-corrected chi connectivity index (χ1v) is 4.57.